The second kappa shape index (κ2) is 6.91. The number of carbonyl (C=O) groups excluding carboxylic acids is 1. The van der Waals surface area contributed by atoms with Gasteiger partial charge in [0.25, 0.3) is 0 Å². The molecule has 0 amide bonds. The smallest absolute Gasteiger partial charge is 0.196 e. The Bertz CT molecular complexity index is 658. The molecule has 5 heteroatoms. The summed E-state index contributed by atoms with van der Waals surface area (Å²) in [7, 11) is 0. The zero-order valence-electron chi connectivity index (χ0n) is 10.6. The fraction of sp³-hybridized carbons (Fsp3) is 0.133. The van der Waals surface area contributed by atoms with Crippen LogP contribution in [0.25, 0.3) is 0 Å². The summed E-state index contributed by atoms with van der Waals surface area (Å²) in [6.45, 7) is 2.40. The minimum atomic E-state index is -0.104. The molecule has 2 nitrogen and oxygen atoms in total. The first-order chi connectivity index (χ1) is 9.52. The molecule has 0 aliphatic heterocycles. The Kier molecular flexibility index (Phi) is 5.46. The van der Waals surface area contributed by atoms with Gasteiger partial charge in [-0.25, -0.2) is 0 Å². The lowest BCUT2D eigenvalue weighted by molar-refractivity contribution is 0.103. The molecule has 0 unspecified atom stereocenters. The van der Waals surface area contributed by atoms with Crippen LogP contribution in [-0.4, -0.2) is 12.4 Å². The van der Waals surface area contributed by atoms with Crippen molar-refractivity contribution in [3.63, 3.8) is 0 Å². The van der Waals surface area contributed by atoms with Crippen molar-refractivity contribution in [2.45, 2.75) is 6.92 Å². The maximum atomic E-state index is 12.6. The lowest BCUT2D eigenvalue weighted by atomic mass is 10.0. The van der Waals surface area contributed by atoms with Crippen LogP contribution in [0.1, 0.15) is 22.8 Å². The van der Waals surface area contributed by atoms with E-state index in [0.717, 1.165) is 8.04 Å². The van der Waals surface area contributed by atoms with Gasteiger partial charge in [0.1, 0.15) is 5.75 Å². The number of halogens is 3. The minimum absolute atomic E-state index is 0.104. The number of carbonyl (C=O) groups is 1. The highest BCUT2D eigenvalue weighted by molar-refractivity contribution is 14.1. The molecule has 2 aromatic carbocycles. The van der Waals surface area contributed by atoms with E-state index in [0.29, 0.717) is 28.5 Å². The number of benzene rings is 2. The molecular weight excluding hydrogens is 454 g/mol. The van der Waals surface area contributed by atoms with Gasteiger partial charge in [0.2, 0.25) is 0 Å². The summed E-state index contributed by atoms with van der Waals surface area (Å²) in [5.41, 5.74) is 1.08. The van der Waals surface area contributed by atoms with Crippen LogP contribution >= 0.6 is 50.1 Å². The highest BCUT2D eigenvalue weighted by Gasteiger charge is 2.16. The van der Waals surface area contributed by atoms with Crippen LogP contribution in [0.4, 0.5) is 0 Å². The van der Waals surface area contributed by atoms with E-state index in [4.69, 9.17) is 16.3 Å². The van der Waals surface area contributed by atoms with Crippen LogP contribution in [0.2, 0.25) is 5.02 Å². The van der Waals surface area contributed by atoms with Crippen molar-refractivity contribution in [3.05, 3.63) is 60.6 Å². The Labute approximate surface area is 144 Å². The van der Waals surface area contributed by atoms with Gasteiger partial charge in [-0.05, 0) is 65.9 Å². The highest BCUT2D eigenvalue weighted by atomic mass is 127. The molecule has 0 heterocycles. The molecule has 0 radical (unpaired) electrons. The lowest BCUT2D eigenvalue weighted by Gasteiger charge is -2.10. The predicted molar refractivity (Wildman–Crippen MR) is 92.9 cm³/mol. The van der Waals surface area contributed by atoms with Crippen LogP contribution in [0, 0.1) is 3.57 Å². The highest BCUT2D eigenvalue weighted by Crippen LogP contribution is 2.27. The van der Waals surface area contributed by atoms with Gasteiger partial charge in [0.05, 0.1) is 17.2 Å². The minimum Gasteiger partial charge on any atom is -0.493 e. The van der Waals surface area contributed by atoms with Crippen LogP contribution in [0.5, 0.6) is 5.75 Å². The zero-order valence-corrected chi connectivity index (χ0v) is 15.1. The fourth-order valence-electron chi connectivity index (χ4n) is 1.75. The summed E-state index contributed by atoms with van der Waals surface area (Å²) < 4.78 is 7.26. The standard InChI is InChI=1S/C15H11BrClIO2/c1-2-20-14-6-4-10(16)8-11(14)15(19)9-3-5-13(18)12(17)7-9/h3-8H,2H2,1H3. The van der Waals surface area contributed by atoms with Gasteiger partial charge < -0.3 is 4.74 Å². The predicted octanol–water partition coefficient (Wildman–Crippen LogP) is 5.34. The quantitative estimate of drug-likeness (QED) is 0.450. The Hall–Kier alpha value is -0.590. The largest absolute Gasteiger partial charge is 0.493 e. The van der Waals surface area contributed by atoms with Crippen molar-refractivity contribution >= 4 is 55.9 Å². The van der Waals surface area contributed by atoms with Crippen molar-refractivity contribution < 1.29 is 9.53 Å². The first kappa shape index (κ1) is 15.8. The molecule has 0 saturated heterocycles. The first-order valence-corrected chi connectivity index (χ1v) is 8.20. The summed E-state index contributed by atoms with van der Waals surface area (Å²) in [6.07, 6.45) is 0. The molecule has 2 rings (SSSR count). The van der Waals surface area contributed by atoms with Crippen molar-refractivity contribution in [2.75, 3.05) is 6.61 Å². The third-order valence-corrected chi connectivity index (χ3v) is 4.73. The van der Waals surface area contributed by atoms with E-state index in [2.05, 4.69) is 38.5 Å². The molecular formula is C15H11BrClIO2. The number of hydrogen-bond acceptors (Lipinski definition) is 2. The molecule has 0 saturated carbocycles. The van der Waals surface area contributed by atoms with Gasteiger partial charge in [0, 0.05) is 13.6 Å². The van der Waals surface area contributed by atoms with Crippen molar-refractivity contribution in [3.8, 4) is 5.75 Å². The van der Waals surface area contributed by atoms with E-state index in [1.54, 1.807) is 24.3 Å². The third kappa shape index (κ3) is 3.54. The average Bonchev–Trinajstić information content (AvgIpc) is 2.43. The van der Waals surface area contributed by atoms with Crippen molar-refractivity contribution in [2.24, 2.45) is 0 Å². The molecule has 0 aliphatic carbocycles. The number of rotatable bonds is 4. The summed E-state index contributed by atoms with van der Waals surface area (Å²) >= 11 is 11.6. The molecule has 0 aliphatic rings. The summed E-state index contributed by atoms with van der Waals surface area (Å²) in [6, 6.07) is 10.7. The Morgan fingerprint density at radius 3 is 2.70 bits per heavy atom. The van der Waals surface area contributed by atoms with Gasteiger partial charge >= 0.3 is 0 Å². The van der Waals surface area contributed by atoms with Gasteiger partial charge in [0.15, 0.2) is 5.78 Å². The fourth-order valence-corrected chi connectivity index (χ4v) is 2.63. The van der Waals surface area contributed by atoms with E-state index < -0.39 is 0 Å². The van der Waals surface area contributed by atoms with Gasteiger partial charge in [-0.15, -0.1) is 0 Å². The van der Waals surface area contributed by atoms with Crippen LogP contribution in [0.3, 0.4) is 0 Å². The molecule has 0 atom stereocenters. The Balaban J connectivity index is 2.46. The van der Waals surface area contributed by atoms with Crippen LogP contribution in [-0.2, 0) is 0 Å². The lowest BCUT2D eigenvalue weighted by Crippen LogP contribution is -2.05. The third-order valence-electron chi connectivity index (χ3n) is 2.67. The maximum Gasteiger partial charge on any atom is 0.196 e. The molecule has 0 bridgehead atoms. The monoisotopic (exact) mass is 464 g/mol. The second-order valence-corrected chi connectivity index (χ2v) is 6.52. The molecule has 0 N–H and O–H groups in total. The van der Waals surface area contributed by atoms with Gasteiger partial charge in [-0.1, -0.05) is 27.5 Å². The Morgan fingerprint density at radius 2 is 2.05 bits per heavy atom. The maximum absolute atomic E-state index is 12.6. The van der Waals surface area contributed by atoms with Gasteiger partial charge in [-0.3, -0.25) is 4.79 Å². The van der Waals surface area contributed by atoms with Crippen LogP contribution in [0.15, 0.2) is 40.9 Å². The van der Waals surface area contributed by atoms with Crippen molar-refractivity contribution in [1.29, 1.82) is 0 Å². The SMILES string of the molecule is CCOc1ccc(Br)cc1C(=O)c1ccc(I)c(Cl)c1. The molecule has 0 fully saturated rings. The number of ether oxygens (including phenoxy) is 1. The van der Waals surface area contributed by atoms with Crippen LogP contribution < -0.4 is 4.74 Å². The molecule has 0 aromatic heterocycles. The molecule has 104 valence electrons. The van der Waals surface area contributed by atoms with E-state index in [1.165, 1.54) is 0 Å². The summed E-state index contributed by atoms with van der Waals surface area (Å²) in [5.74, 6) is 0.475. The van der Waals surface area contributed by atoms with E-state index in [9.17, 15) is 4.79 Å². The number of hydrogen-bond donors (Lipinski definition) is 0. The van der Waals surface area contributed by atoms with E-state index >= 15 is 0 Å². The number of ketones is 1. The molecule has 2 aromatic rings. The van der Waals surface area contributed by atoms with E-state index in [1.807, 2.05) is 19.1 Å². The second-order valence-electron chi connectivity index (χ2n) is 4.03. The molecule has 0 spiro atoms. The average molecular weight is 466 g/mol. The van der Waals surface area contributed by atoms with Crippen molar-refractivity contribution in [1.82, 2.24) is 0 Å². The van der Waals surface area contributed by atoms with Gasteiger partial charge in [-0.2, -0.15) is 0 Å². The first-order valence-electron chi connectivity index (χ1n) is 5.95. The topological polar surface area (TPSA) is 26.3 Å². The normalized spacial score (nSPS) is 10.4. The molecule has 20 heavy (non-hydrogen) atoms. The zero-order chi connectivity index (χ0) is 14.7. The summed E-state index contributed by atoms with van der Waals surface area (Å²) in [4.78, 5) is 12.6. The summed E-state index contributed by atoms with van der Waals surface area (Å²) in [5, 5.41) is 0.574. The van der Waals surface area contributed by atoms with E-state index in [-0.39, 0.29) is 5.78 Å². The Morgan fingerprint density at radius 1 is 1.30 bits per heavy atom.